The summed E-state index contributed by atoms with van der Waals surface area (Å²) in [7, 11) is 1.94. The van der Waals surface area contributed by atoms with Gasteiger partial charge in [-0.15, -0.1) is 0 Å². The van der Waals surface area contributed by atoms with Crippen molar-refractivity contribution in [1.29, 1.82) is 0 Å². The number of amides is 1. The first-order chi connectivity index (χ1) is 18.0. The Kier molecular flexibility index (Phi) is 6.59. The molecule has 1 fully saturated rings. The third-order valence-corrected chi connectivity index (χ3v) is 6.41. The van der Waals surface area contributed by atoms with Crippen LogP contribution in [0.5, 0.6) is 11.5 Å². The molecule has 9 nitrogen and oxygen atoms in total. The van der Waals surface area contributed by atoms with E-state index in [4.69, 9.17) is 4.74 Å². The lowest BCUT2D eigenvalue weighted by molar-refractivity contribution is -0.130. The SMILES string of the molecule is C=CC(=O)N1CC(c2ccn3ncnc(Nc4ccc(Oc5ccn(C)c(=N/C=C\C)c5)c(C)c4)c23)C1. The zero-order valence-electron chi connectivity index (χ0n) is 21.1. The van der Waals surface area contributed by atoms with Gasteiger partial charge in [0.05, 0.1) is 0 Å². The first-order valence-corrected chi connectivity index (χ1v) is 12.1. The van der Waals surface area contributed by atoms with Crippen molar-refractivity contribution in [3.8, 4) is 11.5 Å². The number of aromatic nitrogens is 4. The average molecular weight is 496 g/mol. The number of aryl methyl sites for hydroxylation is 2. The summed E-state index contributed by atoms with van der Waals surface area (Å²) in [6, 6.07) is 11.8. The first-order valence-electron chi connectivity index (χ1n) is 12.1. The van der Waals surface area contributed by atoms with E-state index in [9.17, 15) is 4.79 Å². The van der Waals surface area contributed by atoms with E-state index in [0.717, 1.165) is 33.6 Å². The summed E-state index contributed by atoms with van der Waals surface area (Å²) in [5.41, 5.74) is 4.68. The Balaban J connectivity index is 1.37. The second kappa shape index (κ2) is 10.1. The van der Waals surface area contributed by atoms with E-state index in [0.29, 0.717) is 24.7 Å². The maximum Gasteiger partial charge on any atom is 0.245 e. The van der Waals surface area contributed by atoms with Crippen molar-refractivity contribution in [3.63, 3.8) is 0 Å². The van der Waals surface area contributed by atoms with E-state index in [1.165, 1.54) is 12.4 Å². The molecule has 1 aliphatic rings. The van der Waals surface area contributed by atoms with Crippen LogP contribution < -0.4 is 15.5 Å². The van der Waals surface area contributed by atoms with Gasteiger partial charge in [0.25, 0.3) is 0 Å². The number of anilines is 2. The maximum absolute atomic E-state index is 11.9. The largest absolute Gasteiger partial charge is 0.457 e. The van der Waals surface area contributed by atoms with E-state index < -0.39 is 0 Å². The number of carbonyl (C=O) groups is 1. The topological polar surface area (TPSA) is 89.0 Å². The Labute approximate surface area is 215 Å². The molecule has 0 aliphatic carbocycles. The van der Waals surface area contributed by atoms with Crippen molar-refractivity contribution in [1.82, 2.24) is 24.1 Å². The molecule has 3 aromatic heterocycles. The molecule has 4 aromatic rings. The summed E-state index contributed by atoms with van der Waals surface area (Å²) < 4.78 is 9.92. The Morgan fingerprint density at radius 1 is 1.22 bits per heavy atom. The third-order valence-electron chi connectivity index (χ3n) is 6.41. The molecule has 37 heavy (non-hydrogen) atoms. The highest BCUT2D eigenvalue weighted by atomic mass is 16.5. The van der Waals surface area contributed by atoms with Crippen LogP contribution >= 0.6 is 0 Å². The molecule has 188 valence electrons. The molecule has 0 saturated carbocycles. The lowest BCUT2D eigenvalue weighted by atomic mass is 9.92. The number of hydrogen-bond donors (Lipinski definition) is 1. The van der Waals surface area contributed by atoms with Crippen LogP contribution in [0.2, 0.25) is 0 Å². The van der Waals surface area contributed by atoms with Gasteiger partial charge < -0.3 is 19.5 Å². The molecule has 5 rings (SSSR count). The van der Waals surface area contributed by atoms with Gasteiger partial charge in [-0.2, -0.15) is 5.10 Å². The summed E-state index contributed by atoms with van der Waals surface area (Å²) >= 11 is 0. The number of pyridine rings is 1. The maximum atomic E-state index is 11.9. The van der Waals surface area contributed by atoms with E-state index in [1.54, 1.807) is 11.1 Å². The van der Waals surface area contributed by atoms with Crippen molar-refractivity contribution in [2.75, 3.05) is 18.4 Å². The van der Waals surface area contributed by atoms with Gasteiger partial charge in [0.1, 0.15) is 28.8 Å². The minimum atomic E-state index is -0.0417. The van der Waals surface area contributed by atoms with Crippen LogP contribution in [-0.4, -0.2) is 43.1 Å². The number of likely N-dealkylation sites (tertiary alicyclic amines) is 1. The van der Waals surface area contributed by atoms with Crippen molar-refractivity contribution in [3.05, 3.63) is 96.7 Å². The molecule has 1 aliphatic heterocycles. The molecule has 4 heterocycles. The van der Waals surface area contributed by atoms with Gasteiger partial charge in [-0.05, 0) is 61.4 Å². The average Bonchev–Trinajstić information content (AvgIpc) is 3.29. The fourth-order valence-electron chi connectivity index (χ4n) is 4.37. The third kappa shape index (κ3) is 4.88. The van der Waals surface area contributed by atoms with E-state index in [1.807, 2.05) is 78.8 Å². The molecule has 1 amide bonds. The Bertz CT molecular complexity index is 1580. The minimum absolute atomic E-state index is 0.0417. The molecule has 9 heteroatoms. The van der Waals surface area contributed by atoms with Crippen molar-refractivity contribution in [2.24, 2.45) is 12.0 Å². The van der Waals surface area contributed by atoms with E-state index >= 15 is 0 Å². The number of nitrogens with zero attached hydrogens (tertiary/aromatic N) is 6. The normalized spacial score (nSPS) is 14.2. The van der Waals surface area contributed by atoms with E-state index in [-0.39, 0.29) is 11.8 Å². The number of fused-ring (bicyclic) bond motifs is 1. The quantitative estimate of drug-likeness (QED) is 0.383. The summed E-state index contributed by atoms with van der Waals surface area (Å²) in [6.07, 6.45) is 10.4. The van der Waals surface area contributed by atoms with Gasteiger partial charge in [0.2, 0.25) is 5.91 Å². The Morgan fingerprint density at radius 3 is 2.81 bits per heavy atom. The number of ether oxygens (including phenoxy) is 1. The predicted octanol–water partition coefficient (Wildman–Crippen LogP) is 4.46. The van der Waals surface area contributed by atoms with Crippen molar-refractivity contribution in [2.45, 2.75) is 19.8 Å². The highest BCUT2D eigenvalue weighted by Crippen LogP contribution is 2.34. The van der Waals surface area contributed by atoms with E-state index in [2.05, 4.69) is 33.0 Å². The van der Waals surface area contributed by atoms with Crippen LogP contribution in [0.4, 0.5) is 11.5 Å². The summed E-state index contributed by atoms with van der Waals surface area (Å²) in [4.78, 5) is 22.6. The minimum Gasteiger partial charge on any atom is -0.457 e. The number of hydrogen-bond acceptors (Lipinski definition) is 6. The fourth-order valence-corrected chi connectivity index (χ4v) is 4.37. The summed E-state index contributed by atoms with van der Waals surface area (Å²) in [6.45, 7) is 8.83. The lowest BCUT2D eigenvalue weighted by Crippen LogP contribution is -2.47. The smallest absolute Gasteiger partial charge is 0.245 e. The number of benzene rings is 1. The Morgan fingerprint density at radius 2 is 2.05 bits per heavy atom. The van der Waals surface area contributed by atoms with Crippen LogP contribution in [-0.2, 0) is 11.8 Å². The second-order valence-electron chi connectivity index (χ2n) is 8.97. The predicted molar refractivity (Wildman–Crippen MR) is 143 cm³/mol. The molecule has 1 aromatic carbocycles. The second-order valence-corrected chi connectivity index (χ2v) is 8.97. The zero-order valence-corrected chi connectivity index (χ0v) is 21.1. The molecule has 0 unspecified atom stereocenters. The molecule has 0 spiro atoms. The highest BCUT2D eigenvalue weighted by molar-refractivity contribution is 5.88. The Hall–Kier alpha value is -4.66. The van der Waals surface area contributed by atoms with Crippen LogP contribution in [0, 0.1) is 6.92 Å². The van der Waals surface area contributed by atoms with Crippen molar-refractivity contribution >= 4 is 22.9 Å². The summed E-state index contributed by atoms with van der Waals surface area (Å²) in [5, 5.41) is 7.80. The molecule has 0 bridgehead atoms. The molecule has 1 saturated heterocycles. The molecular formula is C28H29N7O2. The van der Waals surface area contributed by atoms with Gasteiger partial charge >= 0.3 is 0 Å². The van der Waals surface area contributed by atoms with Gasteiger partial charge in [-0.1, -0.05) is 12.7 Å². The van der Waals surface area contributed by atoms with Gasteiger partial charge in [-0.25, -0.2) is 14.5 Å². The van der Waals surface area contributed by atoms with Gasteiger partial charge in [0.15, 0.2) is 5.82 Å². The molecule has 1 N–H and O–H groups in total. The molecular weight excluding hydrogens is 466 g/mol. The number of nitrogens with one attached hydrogen (secondary N) is 1. The van der Waals surface area contributed by atoms with Crippen LogP contribution in [0.25, 0.3) is 5.52 Å². The first kappa shape index (κ1) is 24.1. The number of rotatable bonds is 7. The van der Waals surface area contributed by atoms with Crippen molar-refractivity contribution < 1.29 is 9.53 Å². The summed E-state index contributed by atoms with van der Waals surface area (Å²) in [5.74, 6) is 2.37. The van der Waals surface area contributed by atoms with Gasteiger partial charge in [-0.3, -0.25) is 4.79 Å². The number of allylic oxidation sites excluding steroid dienone is 1. The monoisotopic (exact) mass is 495 g/mol. The zero-order chi connectivity index (χ0) is 25.9. The van der Waals surface area contributed by atoms with Crippen LogP contribution in [0.3, 0.4) is 0 Å². The number of carbonyl (C=O) groups excluding carboxylic acids is 1. The lowest BCUT2D eigenvalue weighted by Gasteiger charge is -2.38. The van der Waals surface area contributed by atoms with Gasteiger partial charge in [0, 0.05) is 56.4 Å². The highest BCUT2D eigenvalue weighted by Gasteiger charge is 2.32. The molecule has 0 atom stereocenters. The standard InChI is InChI=1S/C28H29N7O2/c1-5-11-29-25-15-22(9-12-33(25)4)37-24-8-7-21(14-19(24)3)32-28-27-23(10-13-35(27)31-18-30-28)20-16-34(17-20)26(36)6-2/h5-15,18,20H,2,16-17H2,1,3-4H3,(H,30,31,32)/b11-5-,29-25?. The van der Waals surface area contributed by atoms with Crippen LogP contribution in [0.15, 0.2) is 85.0 Å². The molecule has 0 radical (unpaired) electrons. The fraction of sp³-hybridized carbons (Fsp3) is 0.214. The van der Waals surface area contributed by atoms with Crippen LogP contribution in [0.1, 0.15) is 24.0 Å².